The zero-order valence-electron chi connectivity index (χ0n) is 8.65. The molecule has 0 radical (unpaired) electrons. The van der Waals surface area contributed by atoms with Crippen molar-refractivity contribution in [2.45, 2.75) is 6.18 Å². The van der Waals surface area contributed by atoms with Gasteiger partial charge >= 0.3 is 6.18 Å². The smallest absolute Gasteiger partial charge is 0.287 e. The highest BCUT2D eigenvalue weighted by Gasteiger charge is 2.36. The first-order valence-electron chi connectivity index (χ1n) is 4.55. The maximum absolute atomic E-state index is 12.6. The van der Waals surface area contributed by atoms with Gasteiger partial charge in [-0.3, -0.25) is 4.79 Å². The van der Waals surface area contributed by atoms with E-state index in [4.69, 9.17) is 0 Å². The fourth-order valence-electron chi connectivity index (χ4n) is 1.26. The van der Waals surface area contributed by atoms with Crippen molar-refractivity contribution in [3.8, 4) is 0 Å². The molecule has 2 rings (SSSR count). The predicted molar refractivity (Wildman–Crippen MR) is 80.2 cm³/mol. The first kappa shape index (κ1) is 15.7. The Labute approximate surface area is 139 Å². The van der Waals surface area contributed by atoms with Gasteiger partial charge in [0.1, 0.15) is 0 Å². The van der Waals surface area contributed by atoms with E-state index >= 15 is 0 Å². The van der Waals surface area contributed by atoms with Crippen LogP contribution in [-0.4, -0.2) is 5.78 Å². The molecule has 2 aromatic rings. The van der Waals surface area contributed by atoms with Crippen molar-refractivity contribution in [1.29, 1.82) is 0 Å². The normalized spacial score (nSPS) is 11.9. The van der Waals surface area contributed by atoms with Gasteiger partial charge in [-0.25, -0.2) is 0 Å². The second-order valence-corrected chi connectivity index (χ2v) is 8.25. The van der Waals surface area contributed by atoms with E-state index in [2.05, 4.69) is 47.8 Å². The summed E-state index contributed by atoms with van der Waals surface area (Å²) in [6.45, 7) is 0. The predicted octanol–water partition coefficient (Wildman–Crippen LogP) is 6.35. The van der Waals surface area contributed by atoms with E-state index in [1.54, 1.807) is 6.07 Å². The molecule has 0 saturated heterocycles. The molecule has 102 valence electrons. The summed E-state index contributed by atoms with van der Waals surface area (Å²) in [4.78, 5) is 12.6. The third-order valence-corrected chi connectivity index (χ3v) is 7.43. The SMILES string of the molecule is O=C(c1cc(Br)c(Br)s1)c1scc(C(F)(F)F)c1Br. The summed E-state index contributed by atoms with van der Waals surface area (Å²) < 4.78 is 39.2. The molecule has 0 spiro atoms. The molecule has 19 heavy (non-hydrogen) atoms. The highest BCUT2D eigenvalue weighted by Crippen LogP contribution is 2.42. The summed E-state index contributed by atoms with van der Waals surface area (Å²) in [6.07, 6.45) is -4.47. The lowest BCUT2D eigenvalue weighted by atomic mass is 10.2. The van der Waals surface area contributed by atoms with Crippen molar-refractivity contribution < 1.29 is 18.0 Å². The lowest BCUT2D eigenvalue weighted by Crippen LogP contribution is -2.05. The summed E-state index contributed by atoms with van der Waals surface area (Å²) in [5.41, 5.74) is -0.824. The van der Waals surface area contributed by atoms with E-state index in [1.165, 1.54) is 11.3 Å². The van der Waals surface area contributed by atoms with Gasteiger partial charge in [0, 0.05) is 9.85 Å². The van der Waals surface area contributed by atoms with E-state index in [0.29, 0.717) is 9.35 Å². The zero-order chi connectivity index (χ0) is 14.4. The number of rotatable bonds is 2. The highest BCUT2D eigenvalue weighted by molar-refractivity contribution is 9.13. The fourth-order valence-corrected chi connectivity index (χ4v) is 5.17. The number of carbonyl (C=O) groups excluding carboxylic acids is 1. The van der Waals surface area contributed by atoms with Crippen LogP contribution in [0, 0.1) is 0 Å². The fraction of sp³-hybridized carbons (Fsp3) is 0.100. The summed E-state index contributed by atoms with van der Waals surface area (Å²) in [5, 5.41) is 0.939. The van der Waals surface area contributed by atoms with Crippen molar-refractivity contribution in [3.05, 3.63) is 39.5 Å². The Hall–Kier alpha value is 0.300. The van der Waals surface area contributed by atoms with Crippen LogP contribution in [0.15, 0.2) is 24.2 Å². The second-order valence-electron chi connectivity index (χ2n) is 3.35. The van der Waals surface area contributed by atoms with Crippen LogP contribution in [-0.2, 0) is 6.18 Å². The minimum absolute atomic E-state index is 0.0496. The lowest BCUT2D eigenvalue weighted by molar-refractivity contribution is -0.137. The molecule has 0 aliphatic carbocycles. The molecular formula is C10H2Br3F3OS2. The van der Waals surface area contributed by atoms with Crippen molar-refractivity contribution >= 4 is 76.2 Å². The Morgan fingerprint density at radius 2 is 1.84 bits per heavy atom. The topological polar surface area (TPSA) is 17.1 Å². The van der Waals surface area contributed by atoms with Crippen LogP contribution in [0.1, 0.15) is 20.1 Å². The van der Waals surface area contributed by atoms with Gasteiger partial charge in [0.05, 0.1) is 23.6 Å². The molecule has 0 N–H and O–H groups in total. The summed E-state index contributed by atoms with van der Waals surface area (Å²) in [7, 11) is 0. The largest absolute Gasteiger partial charge is 0.418 e. The molecule has 0 aliphatic heterocycles. The van der Waals surface area contributed by atoms with Gasteiger partial charge in [0.15, 0.2) is 0 Å². The van der Waals surface area contributed by atoms with Crippen LogP contribution < -0.4 is 0 Å². The van der Waals surface area contributed by atoms with Crippen molar-refractivity contribution in [1.82, 2.24) is 0 Å². The molecule has 0 atom stereocenters. The summed E-state index contributed by atoms with van der Waals surface area (Å²) in [5.74, 6) is -0.427. The molecule has 2 aromatic heterocycles. The minimum Gasteiger partial charge on any atom is -0.287 e. The summed E-state index contributed by atoms with van der Waals surface area (Å²) >= 11 is 11.3. The number of thiophene rings is 2. The standard InChI is InChI=1S/C10H2Br3F3OS2/c11-4-1-5(19-9(4)13)7(17)8-6(12)3(2-18-8)10(14,15)16/h1-2H. The van der Waals surface area contributed by atoms with Gasteiger partial charge in [-0.05, 0) is 53.9 Å². The van der Waals surface area contributed by atoms with Gasteiger partial charge < -0.3 is 0 Å². The number of halogens is 6. The molecule has 0 saturated carbocycles. The van der Waals surface area contributed by atoms with Gasteiger partial charge in [-0.1, -0.05) is 0 Å². The quantitative estimate of drug-likeness (QED) is 0.441. The molecular weight excluding hydrogens is 497 g/mol. The Morgan fingerprint density at radius 1 is 1.21 bits per heavy atom. The molecule has 0 aliphatic rings. The Kier molecular flexibility index (Phi) is 4.61. The van der Waals surface area contributed by atoms with E-state index in [9.17, 15) is 18.0 Å². The average molecular weight is 499 g/mol. The third-order valence-electron chi connectivity index (χ3n) is 2.11. The van der Waals surface area contributed by atoms with Gasteiger partial charge in [0.2, 0.25) is 5.78 Å². The van der Waals surface area contributed by atoms with Crippen molar-refractivity contribution in [2.75, 3.05) is 0 Å². The Bertz CT molecular complexity index is 625. The molecule has 1 nitrogen and oxygen atoms in total. The van der Waals surface area contributed by atoms with Gasteiger partial charge in [-0.15, -0.1) is 22.7 Å². The lowest BCUT2D eigenvalue weighted by Gasteiger charge is -2.04. The molecule has 9 heteroatoms. The van der Waals surface area contributed by atoms with Gasteiger partial charge in [0.25, 0.3) is 0 Å². The van der Waals surface area contributed by atoms with Crippen LogP contribution in [0.25, 0.3) is 0 Å². The minimum atomic E-state index is -4.47. The Morgan fingerprint density at radius 3 is 2.26 bits per heavy atom. The van der Waals surface area contributed by atoms with Crippen molar-refractivity contribution in [2.24, 2.45) is 0 Å². The average Bonchev–Trinajstić information content (AvgIpc) is 2.82. The number of carbonyl (C=O) groups is 1. The van der Waals surface area contributed by atoms with Crippen LogP contribution in [0.5, 0.6) is 0 Å². The third kappa shape index (κ3) is 3.15. The maximum Gasteiger partial charge on any atom is 0.418 e. The van der Waals surface area contributed by atoms with Crippen LogP contribution >= 0.6 is 70.5 Å². The molecule has 0 bridgehead atoms. The van der Waals surface area contributed by atoms with Crippen LogP contribution in [0.2, 0.25) is 0 Å². The van der Waals surface area contributed by atoms with E-state index in [0.717, 1.165) is 20.5 Å². The van der Waals surface area contributed by atoms with Crippen LogP contribution in [0.3, 0.4) is 0 Å². The number of ketones is 1. The van der Waals surface area contributed by atoms with Crippen molar-refractivity contribution in [3.63, 3.8) is 0 Å². The van der Waals surface area contributed by atoms with Crippen LogP contribution in [0.4, 0.5) is 13.2 Å². The molecule has 0 fully saturated rings. The zero-order valence-corrected chi connectivity index (χ0v) is 15.0. The molecule has 2 heterocycles. The molecule has 0 amide bonds. The monoisotopic (exact) mass is 496 g/mol. The van der Waals surface area contributed by atoms with E-state index in [1.807, 2.05) is 0 Å². The first-order chi connectivity index (χ1) is 8.71. The van der Waals surface area contributed by atoms with E-state index in [-0.39, 0.29) is 9.35 Å². The van der Waals surface area contributed by atoms with E-state index < -0.39 is 17.5 Å². The Balaban J connectivity index is 2.43. The number of hydrogen-bond donors (Lipinski definition) is 0. The highest BCUT2D eigenvalue weighted by atomic mass is 79.9. The number of alkyl halides is 3. The first-order valence-corrected chi connectivity index (χ1v) is 8.63. The number of hydrogen-bond acceptors (Lipinski definition) is 3. The van der Waals surface area contributed by atoms with Gasteiger partial charge in [-0.2, -0.15) is 13.2 Å². The molecule has 0 aromatic carbocycles. The maximum atomic E-state index is 12.6. The summed E-state index contributed by atoms with van der Waals surface area (Å²) in [6, 6.07) is 1.58. The molecule has 0 unspecified atom stereocenters. The second kappa shape index (κ2) is 5.59.